The van der Waals surface area contributed by atoms with Crippen molar-refractivity contribution in [2.24, 2.45) is 0 Å². The summed E-state index contributed by atoms with van der Waals surface area (Å²) in [5, 5.41) is 8.35. The number of carbonyl (C=O) groups excluding carboxylic acids is 1. The summed E-state index contributed by atoms with van der Waals surface area (Å²) in [6.07, 6.45) is 4.39. The van der Waals surface area contributed by atoms with Crippen LogP contribution in [-0.4, -0.2) is 27.1 Å². The molecule has 0 unspecified atom stereocenters. The van der Waals surface area contributed by atoms with Gasteiger partial charge >= 0.3 is 5.97 Å². The van der Waals surface area contributed by atoms with Gasteiger partial charge in [0.2, 0.25) is 0 Å². The number of aromatic nitrogens is 3. The number of carbonyl (C=O) groups is 1. The minimum Gasteiger partial charge on any atom is -0.459 e. The average Bonchev–Trinajstić information content (AvgIpc) is 3.26. The molecule has 5 nitrogen and oxygen atoms in total. The fourth-order valence-corrected chi connectivity index (χ4v) is 3.18. The van der Waals surface area contributed by atoms with Gasteiger partial charge in [0.25, 0.3) is 0 Å². The van der Waals surface area contributed by atoms with E-state index in [1.54, 1.807) is 0 Å². The topological polar surface area (TPSA) is 57.0 Å². The number of esters is 1. The van der Waals surface area contributed by atoms with Crippen molar-refractivity contribution in [2.45, 2.75) is 38.3 Å². The molecule has 5 heteroatoms. The predicted octanol–water partition coefficient (Wildman–Crippen LogP) is 3.58. The van der Waals surface area contributed by atoms with Crippen LogP contribution in [0.15, 0.2) is 48.5 Å². The minimum atomic E-state index is -0.223. The van der Waals surface area contributed by atoms with Gasteiger partial charge in [-0.3, -0.25) is 0 Å². The van der Waals surface area contributed by atoms with E-state index in [-0.39, 0.29) is 12.1 Å². The molecular weight excluding hydrogens is 302 g/mol. The molecule has 1 saturated carbocycles. The Hall–Kier alpha value is -2.69. The Balaban J connectivity index is 1.46. The van der Waals surface area contributed by atoms with Gasteiger partial charge < -0.3 is 4.74 Å². The molecule has 0 spiro atoms. The quantitative estimate of drug-likeness (QED) is 0.689. The SMILES string of the molecule is O=C(OC1CCCC1)c1ccc(Cn2nnc3ccccc32)cc1. The molecular formula is C19H19N3O2. The summed E-state index contributed by atoms with van der Waals surface area (Å²) in [6.45, 7) is 0.623. The van der Waals surface area contributed by atoms with E-state index in [2.05, 4.69) is 10.3 Å². The van der Waals surface area contributed by atoms with Crippen molar-refractivity contribution in [3.63, 3.8) is 0 Å². The maximum absolute atomic E-state index is 12.2. The van der Waals surface area contributed by atoms with Crippen molar-refractivity contribution in [3.8, 4) is 0 Å². The van der Waals surface area contributed by atoms with Gasteiger partial charge in [-0.25, -0.2) is 9.48 Å². The molecule has 0 atom stereocenters. The zero-order valence-electron chi connectivity index (χ0n) is 13.4. The molecule has 2 aromatic carbocycles. The number of ether oxygens (including phenoxy) is 1. The molecule has 3 aromatic rings. The van der Waals surface area contributed by atoms with Gasteiger partial charge in [-0.05, 0) is 55.5 Å². The largest absolute Gasteiger partial charge is 0.459 e. The molecule has 4 rings (SSSR count). The molecule has 1 aliphatic rings. The van der Waals surface area contributed by atoms with E-state index < -0.39 is 0 Å². The first-order chi connectivity index (χ1) is 11.8. The summed E-state index contributed by atoms with van der Waals surface area (Å²) < 4.78 is 7.40. The molecule has 122 valence electrons. The fraction of sp³-hybridized carbons (Fsp3) is 0.316. The zero-order chi connectivity index (χ0) is 16.4. The third kappa shape index (κ3) is 3.02. The maximum Gasteiger partial charge on any atom is 0.338 e. The highest BCUT2D eigenvalue weighted by Crippen LogP contribution is 2.22. The van der Waals surface area contributed by atoms with Crippen LogP contribution in [0.3, 0.4) is 0 Å². The van der Waals surface area contributed by atoms with Gasteiger partial charge in [-0.15, -0.1) is 5.10 Å². The molecule has 24 heavy (non-hydrogen) atoms. The number of nitrogens with zero attached hydrogens (tertiary/aromatic N) is 3. The summed E-state index contributed by atoms with van der Waals surface area (Å²) in [5.41, 5.74) is 3.56. The molecule has 0 saturated heterocycles. The second-order valence-electron chi connectivity index (χ2n) is 6.24. The normalized spacial score (nSPS) is 15.0. The Kier molecular flexibility index (Phi) is 3.99. The molecule has 0 aliphatic heterocycles. The number of para-hydroxylation sites is 1. The fourth-order valence-electron chi connectivity index (χ4n) is 3.18. The van der Waals surface area contributed by atoms with Crippen LogP contribution < -0.4 is 0 Å². The highest BCUT2D eigenvalue weighted by Gasteiger charge is 2.20. The van der Waals surface area contributed by atoms with Gasteiger partial charge in [-0.1, -0.05) is 29.5 Å². The second-order valence-corrected chi connectivity index (χ2v) is 6.24. The van der Waals surface area contributed by atoms with E-state index in [0.29, 0.717) is 12.1 Å². The number of hydrogen-bond acceptors (Lipinski definition) is 4. The van der Waals surface area contributed by atoms with Crippen LogP contribution in [0.25, 0.3) is 11.0 Å². The molecule has 0 amide bonds. The number of rotatable bonds is 4. The highest BCUT2D eigenvalue weighted by atomic mass is 16.5. The van der Waals surface area contributed by atoms with E-state index >= 15 is 0 Å². The standard InChI is InChI=1S/C19H19N3O2/c23-19(24-16-5-1-2-6-16)15-11-9-14(10-12-15)13-22-18-8-4-3-7-17(18)20-21-22/h3-4,7-12,16H,1-2,5-6,13H2. The van der Waals surface area contributed by atoms with Crippen LogP contribution in [0.5, 0.6) is 0 Å². The third-order valence-electron chi connectivity index (χ3n) is 4.52. The van der Waals surface area contributed by atoms with Gasteiger partial charge in [0.15, 0.2) is 0 Å². The first-order valence-corrected chi connectivity index (χ1v) is 8.38. The van der Waals surface area contributed by atoms with Crippen LogP contribution in [0.2, 0.25) is 0 Å². The monoisotopic (exact) mass is 321 g/mol. The number of hydrogen-bond donors (Lipinski definition) is 0. The lowest BCUT2D eigenvalue weighted by molar-refractivity contribution is 0.0318. The molecule has 1 aliphatic carbocycles. The summed E-state index contributed by atoms with van der Waals surface area (Å²) in [6, 6.07) is 15.4. The smallest absolute Gasteiger partial charge is 0.338 e. The summed E-state index contributed by atoms with van der Waals surface area (Å²) in [7, 11) is 0. The summed E-state index contributed by atoms with van der Waals surface area (Å²) in [5.74, 6) is -0.223. The van der Waals surface area contributed by atoms with Crippen molar-refractivity contribution in [1.29, 1.82) is 0 Å². The zero-order valence-corrected chi connectivity index (χ0v) is 13.4. The summed E-state index contributed by atoms with van der Waals surface area (Å²) >= 11 is 0. The van der Waals surface area contributed by atoms with Crippen LogP contribution >= 0.6 is 0 Å². The van der Waals surface area contributed by atoms with Crippen molar-refractivity contribution in [3.05, 3.63) is 59.7 Å². The Morgan fingerprint density at radius 3 is 2.62 bits per heavy atom. The summed E-state index contributed by atoms with van der Waals surface area (Å²) in [4.78, 5) is 12.2. The highest BCUT2D eigenvalue weighted by molar-refractivity contribution is 5.89. The lowest BCUT2D eigenvalue weighted by atomic mass is 10.1. The molecule has 0 N–H and O–H groups in total. The van der Waals surface area contributed by atoms with Crippen molar-refractivity contribution < 1.29 is 9.53 Å². The van der Waals surface area contributed by atoms with E-state index in [1.807, 2.05) is 53.2 Å². The Morgan fingerprint density at radius 2 is 1.83 bits per heavy atom. The Bertz CT molecular complexity index is 848. The van der Waals surface area contributed by atoms with Gasteiger partial charge in [-0.2, -0.15) is 0 Å². The van der Waals surface area contributed by atoms with Crippen LogP contribution in [-0.2, 0) is 11.3 Å². The second kappa shape index (κ2) is 6.43. The van der Waals surface area contributed by atoms with E-state index in [9.17, 15) is 4.79 Å². The average molecular weight is 321 g/mol. The minimum absolute atomic E-state index is 0.0960. The molecule has 1 heterocycles. The van der Waals surface area contributed by atoms with Gasteiger partial charge in [0.05, 0.1) is 17.6 Å². The van der Waals surface area contributed by atoms with E-state index in [4.69, 9.17) is 4.74 Å². The van der Waals surface area contributed by atoms with Crippen molar-refractivity contribution in [1.82, 2.24) is 15.0 Å². The lowest BCUT2D eigenvalue weighted by Crippen LogP contribution is -2.14. The maximum atomic E-state index is 12.2. The molecule has 1 aromatic heterocycles. The van der Waals surface area contributed by atoms with Crippen LogP contribution in [0, 0.1) is 0 Å². The number of fused-ring (bicyclic) bond motifs is 1. The van der Waals surface area contributed by atoms with Crippen molar-refractivity contribution >= 4 is 17.0 Å². The lowest BCUT2D eigenvalue weighted by Gasteiger charge is -2.11. The predicted molar refractivity (Wildman–Crippen MR) is 90.7 cm³/mol. The Morgan fingerprint density at radius 1 is 1.08 bits per heavy atom. The molecule has 0 radical (unpaired) electrons. The van der Waals surface area contributed by atoms with Crippen LogP contribution in [0.4, 0.5) is 0 Å². The van der Waals surface area contributed by atoms with Crippen molar-refractivity contribution in [2.75, 3.05) is 0 Å². The first-order valence-electron chi connectivity index (χ1n) is 8.38. The third-order valence-corrected chi connectivity index (χ3v) is 4.52. The first kappa shape index (κ1) is 14.9. The van der Waals surface area contributed by atoms with Crippen LogP contribution in [0.1, 0.15) is 41.6 Å². The Labute approximate surface area is 140 Å². The van der Waals surface area contributed by atoms with Gasteiger partial charge in [0, 0.05) is 0 Å². The van der Waals surface area contributed by atoms with E-state index in [1.165, 1.54) is 0 Å². The number of benzene rings is 2. The molecule has 1 fully saturated rings. The molecule has 0 bridgehead atoms. The van der Waals surface area contributed by atoms with E-state index in [0.717, 1.165) is 42.3 Å². The van der Waals surface area contributed by atoms with Gasteiger partial charge in [0.1, 0.15) is 11.6 Å².